The first-order valence-electron chi connectivity index (χ1n) is 11.9. The number of ether oxygens (including phenoxy) is 1. The molecule has 2 aliphatic rings. The molecule has 0 spiro atoms. The lowest BCUT2D eigenvalue weighted by Crippen LogP contribution is -2.40. The standard InChI is InChI=1S/C26H27N7O2/c1-31-10-8-18(9-11-31)20-4-7-23-22(16-20)25(29-27-23)24-17-33(30-28-24)21-5-2-19(3-6-21)26(34)32-12-14-35-15-13-32/h2-8,16-17H,9-15H2,1H3,(H,27,29). The Labute approximate surface area is 203 Å². The molecule has 0 radical (unpaired) electrons. The highest BCUT2D eigenvalue weighted by Gasteiger charge is 2.19. The summed E-state index contributed by atoms with van der Waals surface area (Å²) in [5.74, 6) is 0.0256. The molecule has 0 saturated carbocycles. The fourth-order valence-electron chi connectivity index (χ4n) is 4.65. The van der Waals surface area contributed by atoms with Gasteiger partial charge in [-0.3, -0.25) is 9.89 Å². The van der Waals surface area contributed by atoms with E-state index in [0.717, 1.165) is 41.8 Å². The average Bonchev–Trinajstić information content (AvgIpc) is 3.56. The molecule has 2 aliphatic heterocycles. The van der Waals surface area contributed by atoms with Crippen LogP contribution in [0, 0.1) is 0 Å². The number of amides is 1. The number of benzene rings is 2. The largest absolute Gasteiger partial charge is 0.378 e. The van der Waals surface area contributed by atoms with Gasteiger partial charge in [-0.15, -0.1) is 5.10 Å². The van der Waals surface area contributed by atoms with Gasteiger partial charge in [-0.1, -0.05) is 17.4 Å². The van der Waals surface area contributed by atoms with Crippen molar-refractivity contribution in [3.05, 3.63) is 65.9 Å². The van der Waals surface area contributed by atoms with E-state index in [-0.39, 0.29) is 5.91 Å². The monoisotopic (exact) mass is 469 g/mol. The summed E-state index contributed by atoms with van der Waals surface area (Å²) in [6.45, 7) is 4.46. The number of aromatic nitrogens is 5. The first-order valence-corrected chi connectivity index (χ1v) is 11.9. The van der Waals surface area contributed by atoms with E-state index in [2.05, 4.69) is 56.7 Å². The van der Waals surface area contributed by atoms with E-state index >= 15 is 0 Å². The second kappa shape index (κ2) is 9.09. The molecule has 178 valence electrons. The van der Waals surface area contributed by atoms with Crippen molar-refractivity contribution in [2.24, 2.45) is 0 Å². The third kappa shape index (κ3) is 4.24. The van der Waals surface area contributed by atoms with Crippen LogP contribution in [0.5, 0.6) is 0 Å². The number of carbonyl (C=O) groups excluding carboxylic acids is 1. The molecule has 9 heteroatoms. The van der Waals surface area contributed by atoms with Crippen LogP contribution in [0.3, 0.4) is 0 Å². The van der Waals surface area contributed by atoms with Crippen molar-refractivity contribution < 1.29 is 9.53 Å². The van der Waals surface area contributed by atoms with Crippen LogP contribution in [-0.2, 0) is 4.74 Å². The number of nitrogens with one attached hydrogen (secondary N) is 1. The minimum absolute atomic E-state index is 0.0256. The van der Waals surface area contributed by atoms with Gasteiger partial charge in [0, 0.05) is 37.1 Å². The number of likely N-dealkylation sites (N-methyl/N-ethyl adjacent to an activating group) is 1. The predicted molar refractivity (Wildman–Crippen MR) is 133 cm³/mol. The zero-order valence-corrected chi connectivity index (χ0v) is 19.6. The Morgan fingerprint density at radius 1 is 1.06 bits per heavy atom. The summed E-state index contributed by atoms with van der Waals surface area (Å²) in [6, 6.07) is 13.9. The van der Waals surface area contributed by atoms with Crippen molar-refractivity contribution in [3.63, 3.8) is 0 Å². The van der Waals surface area contributed by atoms with E-state index in [1.165, 1.54) is 11.1 Å². The highest BCUT2D eigenvalue weighted by Crippen LogP contribution is 2.30. The predicted octanol–water partition coefficient (Wildman–Crippen LogP) is 3.00. The molecule has 4 aromatic rings. The zero-order chi connectivity index (χ0) is 23.8. The molecule has 2 aromatic heterocycles. The van der Waals surface area contributed by atoms with Crippen LogP contribution in [0.15, 0.2) is 54.7 Å². The van der Waals surface area contributed by atoms with Crippen LogP contribution in [0.4, 0.5) is 0 Å². The first-order chi connectivity index (χ1) is 17.2. The van der Waals surface area contributed by atoms with E-state index in [1.807, 2.05) is 35.4 Å². The van der Waals surface area contributed by atoms with Crippen LogP contribution < -0.4 is 0 Å². The maximum atomic E-state index is 12.7. The molecular weight excluding hydrogens is 442 g/mol. The van der Waals surface area contributed by atoms with Crippen molar-refractivity contribution in [2.45, 2.75) is 6.42 Å². The molecule has 9 nitrogen and oxygen atoms in total. The summed E-state index contributed by atoms with van der Waals surface area (Å²) in [6.07, 6.45) is 5.21. The lowest BCUT2D eigenvalue weighted by Gasteiger charge is -2.26. The Bertz CT molecular complexity index is 1400. The molecule has 0 bridgehead atoms. The number of H-pyrrole nitrogens is 1. The number of aromatic amines is 1. The van der Waals surface area contributed by atoms with Gasteiger partial charge in [0.2, 0.25) is 0 Å². The molecule has 35 heavy (non-hydrogen) atoms. The number of hydrogen-bond acceptors (Lipinski definition) is 6. The van der Waals surface area contributed by atoms with Crippen molar-refractivity contribution >= 4 is 22.4 Å². The van der Waals surface area contributed by atoms with Crippen molar-refractivity contribution in [2.75, 3.05) is 46.4 Å². The Kier molecular flexibility index (Phi) is 5.63. The van der Waals surface area contributed by atoms with E-state index in [0.29, 0.717) is 37.6 Å². The van der Waals surface area contributed by atoms with Crippen molar-refractivity contribution in [3.8, 4) is 17.1 Å². The van der Waals surface area contributed by atoms with Crippen LogP contribution >= 0.6 is 0 Å². The zero-order valence-electron chi connectivity index (χ0n) is 19.6. The third-order valence-electron chi connectivity index (χ3n) is 6.76. The number of fused-ring (bicyclic) bond motifs is 1. The summed E-state index contributed by atoms with van der Waals surface area (Å²) >= 11 is 0. The average molecular weight is 470 g/mol. The Morgan fingerprint density at radius 3 is 2.66 bits per heavy atom. The Balaban J connectivity index is 1.25. The van der Waals surface area contributed by atoms with Gasteiger partial charge in [0.15, 0.2) is 0 Å². The van der Waals surface area contributed by atoms with Crippen LogP contribution in [0.25, 0.3) is 33.6 Å². The van der Waals surface area contributed by atoms with Crippen molar-refractivity contribution in [1.82, 2.24) is 35.0 Å². The normalized spacial score (nSPS) is 17.1. The van der Waals surface area contributed by atoms with Gasteiger partial charge in [-0.05, 0) is 61.0 Å². The molecule has 1 saturated heterocycles. The maximum Gasteiger partial charge on any atom is 0.254 e. The summed E-state index contributed by atoms with van der Waals surface area (Å²) in [7, 11) is 2.14. The second-order valence-electron chi connectivity index (χ2n) is 9.07. The number of morpholine rings is 1. The van der Waals surface area contributed by atoms with E-state index < -0.39 is 0 Å². The Morgan fingerprint density at radius 2 is 1.89 bits per heavy atom. The van der Waals surface area contributed by atoms with Crippen LogP contribution in [0.2, 0.25) is 0 Å². The van der Waals surface area contributed by atoms with E-state index in [9.17, 15) is 4.79 Å². The highest BCUT2D eigenvalue weighted by molar-refractivity contribution is 5.95. The quantitative estimate of drug-likeness (QED) is 0.494. The number of hydrogen-bond donors (Lipinski definition) is 1. The van der Waals surface area contributed by atoms with E-state index in [1.54, 1.807) is 4.68 Å². The lowest BCUT2D eigenvalue weighted by atomic mass is 9.98. The fourth-order valence-corrected chi connectivity index (χ4v) is 4.65. The minimum atomic E-state index is 0.0256. The second-order valence-corrected chi connectivity index (χ2v) is 9.07. The molecule has 2 aromatic carbocycles. The molecule has 1 amide bonds. The van der Waals surface area contributed by atoms with Crippen molar-refractivity contribution in [1.29, 1.82) is 0 Å². The topological polar surface area (TPSA) is 92.2 Å². The maximum absolute atomic E-state index is 12.7. The SMILES string of the molecule is CN1CC=C(c2ccc3[nH]nc(-c4cn(-c5ccc(C(=O)N6CCOCC6)cc5)nn4)c3c2)CC1. The van der Waals surface area contributed by atoms with Gasteiger partial charge in [-0.2, -0.15) is 5.10 Å². The first kappa shape index (κ1) is 21.7. The van der Waals surface area contributed by atoms with Crippen LogP contribution in [-0.4, -0.2) is 87.3 Å². The molecule has 1 fully saturated rings. The molecule has 0 atom stereocenters. The van der Waals surface area contributed by atoms with Gasteiger partial charge < -0.3 is 14.5 Å². The molecule has 6 rings (SSSR count). The molecule has 1 N–H and O–H groups in total. The molecule has 4 heterocycles. The Hall–Kier alpha value is -3.82. The number of carbonyl (C=O) groups is 1. The third-order valence-corrected chi connectivity index (χ3v) is 6.76. The molecule has 0 unspecified atom stereocenters. The lowest BCUT2D eigenvalue weighted by molar-refractivity contribution is 0.0303. The smallest absolute Gasteiger partial charge is 0.254 e. The summed E-state index contributed by atoms with van der Waals surface area (Å²) in [5.41, 5.74) is 6.52. The van der Waals surface area contributed by atoms with Gasteiger partial charge >= 0.3 is 0 Å². The minimum Gasteiger partial charge on any atom is -0.378 e. The van der Waals surface area contributed by atoms with Gasteiger partial charge in [0.05, 0.1) is 30.6 Å². The summed E-state index contributed by atoms with van der Waals surface area (Å²) in [5, 5.41) is 17.4. The molecular formula is C26H27N7O2. The van der Waals surface area contributed by atoms with Gasteiger partial charge in [0.25, 0.3) is 5.91 Å². The van der Waals surface area contributed by atoms with Gasteiger partial charge in [-0.25, -0.2) is 4.68 Å². The summed E-state index contributed by atoms with van der Waals surface area (Å²) in [4.78, 5) is 16.8. The highest BCUT2D eigenvalue weighted by atomic mass is 16.5. The van der Waals surface area contributed by atoms with Crippen LogP contribution in [0.1, 0.15) is 22.3 Å². The number of nitrogens with zero attached hydrogens (tertiary/aromatic N) is 6. The van der Waals surface area contributed by atoms with E-state index in [4.69, 9.17) is 4.74 Å². The number of rotatable bonds is 4. The molecule has 0 aliphatic carbocycles. The summed E-state index contributed by atoms with van der Waals surface area (Å²) < 4.78 is 7.05. The van der Waals surface area contributed by atoms with Gasteiger partial charge in [0.1, 0.15) is 11.4 Å². The fraction of sp³-hybridized carbons (Fsp3) is 0.308.